The Hall–Kier alpha value is -2.37. The molecule has 26 heavy (non-hydrogen) atoms. The van der Waals surface area contributed by atoms with Crippen molar-refractivity contribution < 1.29 is 10.2 Å². The summed E-state index contributed by atoms with van der Waals surface area (Å²) in [5, 5.41) is 24.5. The number of H-pyrrole nitrogens is 1. The van der Waals surface area contributed by atoms with Crippen LogP contribution in [-0.4, -0.2) is 39.9 Å². The fraction of sp³-hybridized carbons (Fsp3) is 0.381. The summed E-state index contributed by atoms with van der Waals surface area (Å²) in [5.41, 5.74) is 5.91. The van der Waals surface area contributed by atoms with Crippen LogP contribution in [0.3, 0.4) is 0 Å². The molecule has 4 N–H and O–H groups in total. The van der Waals surface area contributed by atoms with E-state index in [0.717, 1.165) is 59.3 Å². The maximum atomic E-state index is 10.3. The summed E-state index contributed by atoms with van der Waals surface area (Å²) in [4.78, 5) is 7.60. The molecule has 0 bridgehead atoms. The molecule has 1 aliphatic heterocycles. The Bertz CT molecular complexity index is 926. The summed E-state index contributed by atoms with van der Waals surface area (Å²) >= 11 is 0. The summed E-state index contributed by atoms with van der Waals surface area (Å²) in [6, 6.07) is 8.48. The maximum absolute atomic E-state index is 10.3. The highest BCUT2D eigenvalue weighted by molar-refractivity contribution is 5.92. The fourth-order valence-electron chi connectivity index (χ4n) is 4.03. The van der Waals surface area contributed by atoms with Gasteiger partial charge in [-0.3, -0.25) is 4.98 Å². The van der Waals surface area contributed by atoms with E-state index in [2.05, 4.69) is 33.5 Å². The molecule has 1 fully saturated rings. The second-order valence-corrected chi connectivity index (χ2v) is 7.12. The fourth-order valence-corrected chi connectivity index (χ4v) is 4.03. The van der Waals surface area contributed by atoms with E-state index in [0.29, 0.717) is 12.3 Å². The van der Waals surface area contributed by atoms with Gasteiger partial charge >= 0.3 is 0 Å². The molecule has 0 aliphatic carbocycles. The van der Waals surface area contributed by atoms with Crippen molar-refractivity contribution in [2.45, 2.75) is 32.1 Å². The Kier molecular flexibility index (Phi) is 4.66. The molecular weight excluding hydrogens is 326 g/mol. The van der Waals surface area contributed by atoms with Crippen LogP contribution in [-0.2, 0) is 6.42 Å². The van der Waals surface area contributed by atoms with Crippen molar-refractivity contribution in [3.63, 3.8) is 0 Å². The Morgan fingerprint density at radius 3 is 2.77 bits per heavy atom. The minimum atomic E-state index is 0.0718. The van der Waals surface area contributed by atoms with Gasteiger partial charge in [0.2, 0.25) is 0 Å². The summed E-state index contributed by atoms with van der Waals surface area (Å²) in [6.07, 6.45) is 4.34. The number of aromatic amines is 1. The molecule has 1 aromatic carbocycles. The van der Waals surface area contributed by atoms with Crippen LogP contribution in [0.2, 0.25) is 0 Å². The van der Waals surface area contributed by atoms with Crippen molar-refractivity contribution in [1.82, 2.24) is 15.3 Å². The molecule has 0 radical (unpaired) electrons. The smallest absolute Gasteiger partial charge is 0.143 e. The third-order valence-corrected chi connectivity index (χ3v) is 5.39. The van der Waals surface area contributed by atoms with Crippen molar-refractivity contribution in [3.8, 4) is 17.0 Å². The molecule has 4 rings (SSSR count). The Balaban J connectivity index is 1.85. The lowest BCUT2D eigenvalue weighted by molar-refractivity contribution is 0.300. The van der Waals surface area contributed by atoms with E-state index < -0.39 is 0 Å². The summed E-state index contributed by atoms with van der Waals surface area (Å²) < 4.78 is 0. The molecule has 2 aromatic heterocycles. The van der Waals surface area contributed by atoms with Gasteiger partial charge in [-0.2, -0.15) is 0 Å². The first kappa shape index (κ1) is 17.1. The van der Waals surface area contributed by atoms with Crippen LogP contribution in [0.4, 0.5) is 0 Å². The lowest BCUT2D eigenvalue weighted by Gasteiger charge is -2.23. The largest absolute Gasteiger partial charge is 0.506 e. The van der Waals surface area contributed by atoms with Crippen LogP contribution < -0.4 is 5.32 Å². The predicted molar refractivity (Wildman–Crippen MR) is 104 cm³/mol. The van der Waals surface area contributed by atoms with Gasteiger partial charge in [0.15, 0.2) is 0 Å². The molecule has 1 saturated heterocycles. The molecular formula is C21H25N3O2. The third kappa shape index (κ3) is 3.08. The SMILES string of the molecule is Cc1cc(-c2[nH]c3ccc(C4CCNCC4)cc3c2CCO)c(O)cn1. The molecule has 136 valence electrons. The number of nitrogens with one attached hydrogen (secondary N) is 2. The molecule has 0 saturated carbocycles. The second-order valence-electron chi connectivity index (χ2n) is 7.12. The van der Waals surface area contributed by atoms with Crippen LogP contribution in [0.25, 0.3) is 22.2 Å². The molecule has 0 amide bonds. The predicted octanol–water partition coefficient (Wildman–Crippen LogP) is 3.25. The lowest BCUT2D eigenvalue weighted by Crippen LogP contribution is -2.26. The van der Waals surface area contributed by atoms with Crippen molar-refractivity contribution in [2.24, 2.45) is 0 Å². The van der Waals surface area contributed by atoms with E-state index in [9.17, 15) is 10.2 Å². The normalized spacial score (nSPS) is 15.6. The van der Waals surface area contributed by atoms with Crippen LogP contribution in [0, 0.1) is 6.92 Å². The van der Waals surface area contributed by atoms with Gasteiger partial charge in [0.25, 0.3) is 0 Å². The van der Waals surface area contributed by atoms with Crippen LogP contribution in [0.15, 0.2) is 30.5 Å². The minimum absolute atomic E-state index is 0.0718. The molecule has 1 aliphatic rings. The van der Waals surface area contributed by atoms with Gasteiger partial charge in [-0.1, -0.05) is 6.07 Å². The number of nitrogens with zero attached hydrogens (tertiary/aromatic N) is 1. The van der Waals surface area contributed by atoms with Gasteiger partial charge in [0.05, 0.1) is 11.9 Å². The summed E-state index contributed by atoms with van der Waals surface area (Å²) in [6.45, 7) is 4.11. The first-order valence-corrected chi connectivity index (χ1v) is 9.29. The number of piperidine rings is 1. The number of fused-ring (bicyclic) bond motifs is 1. The molecule has 0 unspecified atom stereocenters. The zero-order valence-corrected chi connectivity index (χ0v) is 15.0. The Morgan fingerprint density at radius 1 is 1.19 bits per heavy atom. The van der Waals surface area contributed by atoms with Gasteiger partial charge in [0.1, 0.15) is 5.75 Å². The van der Waals surface area contributed by atoms with Crippen LogP contribution in [0.1, 0.15) is 35.6 Å². The molecule has 5 heteroatoms. The number of aliphatic hydroxyl groups is 1. The highest BCUT2D eigenvalue weighted by Crippen LogP contribution is 2.37. The van der Waals surface area contributed by atoms with Crippen LogP contribution >= 0.6 is 0 Å². The number of aliphatic hydroxyl groups excluding tert-OH is 1. The zero-order chi connectivity index (χ0) is 18.1. The molecule has 0 atom stereocenters. The van der Waals surface area contributed by atoms with E-state index in [-0.39, 0.29) is 12.4 Å². The Morgan fingerprint density at radius 2 is 2.00 bits per heavy atom. The summed E-state index contributed by atoms with van der Waals surface area (Å²) in [5.74, 6) is 0.734. The highest BCUT2D eigenvalue weighted by atomic mass is 16.3. The van der Waals surface area contributed by atoms with Gasteiger partial charge < -0.3 is 20.5 Å². The zero-order valence-electron chi connectivity index (χ0n) is 15.0. The van der Waals surface area contributed by atoms with Crippen molar-refractivity contribution in [3.05, 3.63) is 47.3 Å². The van der Waals surface area contributed by atoms with Gasteiger partial charge in [-0.25, -0.2) is 0 Å². The number of hydrogen-bond acceptors (Lipinski definition) is 4. The number of pyridine rings is 1. The average Bonchev–Trinajstić information content (AvgIpc) is 3.02. The summed E-state index contributed by atoms with van der Waals surface area (Å²) in [7, 11) is 0. The standard InChI is InChI=1S/C21H25N3O2/c1-13-10-18(20(26)12-23-13)21-16(6-9-25)17-11-15(2-3-19(17)24-21)14-4-7-22-8-5-14/h2-3,10-12,14,22,24-26H,4-9H2,1H3. The van der Waals surface area contributed by atoms with Gasteiger partial charge in [0, 0.05) is 28.8 Å². The average molecular weight is 351 g/mol. The Labute approximate surface area is 153 Å². The molecule has 5 nitrogen and oxygen atoms in total. The number of aromatic hydroxyl groups is 1. The first-order valence-electron chi connectivity index (χ1n) is 9.29. The van der Waals surface area contributed by atoms with E-state index in [4.69, 9.17) is 0 Å². The number of rotatable bonds is 4. The maximum Gasteiger partial charge on any atom is 0.143 e. The second kappa shape index (κ2) is 7.09. The monoisotopic (exact) mass is 351 g/mol. The number of hydrogen-bond donors (Lipinski definition) is 4. The number of aryl methyl sites for hydroxylation is 1. The first-order chi connectivity index (χ1) is 12.7. The quantitative estimate of drug-likeness (QED) is 0.582. The van der Waals surface area contributed by atoms with E-state index in [1.165, 1.54) is 11.8 Å². The van der Waals surface area contributed by atoms with E-state index in [1.54, 1.807) is 0 Å². The lowest BCUT2D eigenvalue weighted by atomic mass is 9.89. The third-order valence-electron chi connectivity index (χ3n) is 5.39. The minimum Gasteiger partial charge on any atom is -0.506 e. The van der Waals surface area contributed by atoms with Crippen molar-refractivity contribution in [2.75, 3.05) is 19.7 Å². The molecule has 0 spiro atoms. The van der Waals surface area contributed by atoms with Crippen molar-refractivity contribution in [1.29, 1.82) is 0 Å². The topological polar surface area (TPSA) is 81.2 Å². The van der Waals surface area contributed by atoms with E-state index >= 15 is 0 Å². The number of aromatic nitrogens is 2. The molecule has 3 heterocycles. The van der Waals surface area contributed by atoms with Gasteiger partial charge in [-0.15, -0.1) is 0 Å². The van der Waals surface area contributed by atoms with Crippen LogP contribution in [0.5, 0.6) is 5.75 Å². The highest BCUT2D eigenvalue weighted by Gasteiger charge is 2.19. The van der Waals surface area contributed by atoms with Gasteiger partial charge in [-0.05, 0) is 74.5 Å². The van der Waals surface area contributed by atoms with E-state index in [1.807, 2.05) is 13.0 Å². The van der Waals surface area contributed by atoms with Crippen molar-refractivity contribution >= 4 is 10.9 Å². The number of benzene rings is 1. The molecule has 3 aromatic rings.